The van der Waals surface area contributed by atoms with E-state index in [9.17, 15) is 4.79 Å². The molecule has 0 spiro atoms. The van der Waals surface area contributed by atoms with Crippen LogP contribution in [0.15, 0.2) is 47.0 Å². The lowest BCUT2D eigenvalue weighted by Crippen LogP contribution is -2.37. The molecular formula is C21H22ClN3O3. The van der Waals surface area contributed by atoms with Crippen LogP contribution in [0.1, 0.15) is 23.9 Å². The van der Waals surface area contributed by atoms with Gasteiger partial charge in [-0.25, -0.2) is 0 Å². The van der Waals surface area contributed by atoms with E-state index in [-0.39, 0.29) is 12.5 Å². The van der Waals surface area contributed by atoms with Gasteiger partial charge in [-0.3, -0.25) is 4.79 Å². The van der Waals surface area contributed by atoms with Gasteiger partial charge in [0.25, 0.3) is 5.91 Å². The SMILES string of the molecule is Cc1cccc(O[C@@H](C)C(=O)N(C)Cc2nc(-c3ccc(Cl)cc3)no2)c1C. The number of benzene rings is 2. The molecule has 2 aromatic carbocycles. The van der Waals surface area contributed by atoms with Gasteiger partial charge in [0.05, 0.1) is 6.54 Å². The number of carbonyl (C=O) groups is 1. The van der Waals surface area contributed by atoms with E-state index in [1.54, 1.807) is 26.1 Å². The van der Waals surface area contributed by atoms with Crippen molar-refractivity contribution in [3.8, 4) is 17.1 Å². The highest BCUT2D eigenvalue weighted by Crippen LogP contribution is 2.22. The molecule has 7 heteroatoms. The van der Waals surface area contributed by atoms with Crippen LogP contribution in [0.3, 0.4) is 0 Å². The van der Waals surface area contributed by atoms with Crippen molar-refractivity contribution >= 4 is 17.5 Å². The minimum absolute atomic E-state index is 0.174. The van der Waals surface area contributed by atoms with Crippen molar-refractivity contribution < 1.29 is 14.1 Å². The van der Waals surface area contributed by atoms with Gasteiger partial charge in [-0.1, -0.05) is 28.9 Å². The summed E-state index contributed by atoms with van der Waals surface area (Å²) in [5.41, 5.74) is 2.93. The molecule has 3 rings (SSSR count). The molecule has 0 radical (unpaired) electrons. The Balaban J connectivity index is 1.64. The van der Waals surface area contributed by atoms with Gasteiger partial charge in [0.15, 0.2) is 6.10 Å². The Hall–Kier alpha value is -2.86. The van der Waals surface area contributed by atoms with Crippen molar-refractivity contribution in [2.75, 3.05) is 7.05 Å². The van der Waals surface area contributed by atoms with Crippen LogP contribution in [0.25, 0.3) is 11.4 Å². The van der Waals surface area contributed by atoms with Crippen LogP contribution in [-0.4, -0.2) is 34.1 Å². The molecule has 0 N–H and O–H groups in total. The van der Waals surface area contributed by atoms with Crippen LogP contribution >= 0.6 is 11.6 Å². The van der Waals surface area contributed by atoms with E-state index in [0.29, 0.717) is 22.5 Å². The molecule has 1 amide bonds. The Bertz CT molecular complexity index is 969. The predicted molar refractivity (Wildman–Crippen MR) is 107 cm³/mol. The molecule has 0 aliphatic carbocycles. The molecular weight excluding hydrogens is 378 g/mol. The zero-order valence-corrected chi connectivity index (χ0v) is 17.0. The van der Waals surface area contributed by atoms with E-state index in [0.717, 1.165) is 16.7 Å². The maximum atomic E-state index is 12.7. The normalized spacial score (nSPS) is 11.9. The molecule has 146 valence electrons. The molecule has 1 aromatic heterocycles. The summed E-state index contributed by atoms with van der Waals surface area (Å²) in [6.45, 7) is 5.91. The summed E-state index contributed by atoms with van der Waals surface area (Å²) in [6.07, 6.45) is -0.635. The number of carbonyl (C=O) groups excluding carboxylic acids is 1. The van der Waals surface area contributed by atoms with Crippen molar-refractivity contribution in [1.82, 2.24) is 15.0 Å². The summed E-state index contributed by atoms with van der Waals surface area (Å²) in [5, 5.41) is 4.60. The van der Waals surface area contributed by atoms with Crippen LogP contribution in [0.4, 0.5) is 0 Å². The molecule has 0 unspecified atom stereocenters. The third kappa shape index (κ3) is 4.51. The lowest BCUT2D eigenvalue weighted by molar-refractivity contribution is -0.137. The fraction of sp³-hybridized carbons (Fsp3) is 0.286. The summed E-state index contributed by atoms with van der Waals surface area (Å²) >= 11 is 5.89. The largest absolute Gasteiger partial charge is 0.481 e. The van der Waals surface area contributed by atoms with Gasteiger partial charge in [-0.05, 0) is 62.2 Å². The molecule has 0 aliphatic heterocycles. The second-order valence-corrected chi connectivity index (χ2v) is 7.11. The minimum Gasteiger partial charge on any atom is -0.481 e. The van der Waals surface area contributed by atoms with Gasteiger partial charge in [-0.15, -0.1) is 0 Å². The van der Waals surface area contributed by atoms with Gasteiger partial charge in [0.1, 0.15) is 5.75 Å². The highest BCUT2D eigenvalue weighted by atomic mass is 35.5. The molecule has 1 atom stereocenters. The van der Waals surface area contributed by atoms with E-state index in [4.69, 9.17) is 20.9 Å². The quantitative estimate of drug-likeness (QED) is 0.613. The first-order valence-corrected chi connectivity index (χ1v) is 9.29. The van der Waals surface area contributed by atoms with Crippen molar-refractivity contribution in [3.63, 3.8) is 0 Å². The van der Waals surface area contributed by atoms with E-state index < -0.39 is 6.10 Å². The number of ether oxygens (including phenoxy) is 1. The summed E-state index contributed by atoms with van der Waals surface area (Å²) in [4.78, 5) is 18.5. The Kier molecular flexibility index (Phi) is 5.99. The fourth-order valence-electron chi connectivity index (χ4n) is 2.72. The van der Waals surface area contributed by atoms with Gasteiger partial charge in [-0.2, -0.15) is 4.98 Å². The second-order valence-electron chi connectivity index (χ2n) is 6.67. The van der Waals surface area contributed by atoms with E-state index >= 15 is 0 Å². The number of amides is 1. The highest BCUT2D eigenvalue weighted by molar-refractivity contribution is 6.30. The molecule has 0 aliphatic rings. The molecule has 1 heterocycles. The van der Waals surface area contributed by atoms with Crippen LogP contribution in [0.5, 0.6) is 5.75 Å². The van der Waals surface area contributed by atoms with Crippen molar-refractivity contribution in [3.05, 3.63) is 64.5 Å². The Morgan fingerprint density at radius 3 is 2.64 bits per heavy atom. The standard InChI is InChI=1S/C21H22ClN3O3/c1-13-6-5-7-18(14(13)2)27-15(3)21(26)25(4)12-19-23-20(24-28-19)16-8-10-17(22)11-9-16/h5-11,15H,12H2,1-4H3/t15-/m0/s1. The topological polar surface area (TPSA) is 68.5 Å². The summed E-state index contributed by atoms with van der Waals surface area (Å²) in [6, 6.07) is 12.9. The first-order chi connectivity index (χ1) is 13.3. The highest BCUT2D eigenvalue weighted by Gasteiger charge is 2.22. The number of hydrogen-bond donors (Lipinski definition) is 0. The maximum Gasteiger partial charge on any atom is 0.263 e. The van der Waals surface area contributed by atoms with Crippen LogP contribution in [0.2, 0.25) is 5.02 Å². The first-order valence-electron chi connectivity index (χ1n) is 8.91. The average molecular weight is 400 g/mol. The van der Waals surface area contributed by atoms with E-state index in [1.165, 1.54) is 4.90 Å². The first kappa shape index (κ1) is 19.9. The third-order valence-electron chi connectivity index (χ3n) is 4.53. The van der Waals surface area contributed by atoms with E-state index in [1.807, 2.05) is 44.2 Å². The number of halogens is 1. The minimum atomic E-state index is -0.635. The van der Waals surface area contributed by atoms with Crippen LogP contribution in [0, 0.1) is 13.8 Å². The fourth-order valence-corrected chi connectivity index (χ4v) is 2.85. The number of nitrogens with zero attached hydrogens (tertiary/aromatic N) is 3. The molecule has 0 saturated heterocycles. The smallest absolute Gasteiger partial charge is 0.263 e. The van der Waals surface area contributed by atoms with Gasteiger partial charge in [0, 0.05) is 17.6 Å². The zero-order chi connectivity index (χ0) is 20.3. The number of aryl methyl sites for hydroxylation is 1. The number of aromatic nitrogens is 2. The van der Waals surface area contributed by atoms with Gasteiger partial charge >= 0.3 is 0 Å². The van der Waals surface area contributed by atoms with Crippen molar-refractivity contribution in [2.24, 2.45) is 0 Å². The lowest BCUT2D eigenvalue weighted by Gasteiger charge is -2.21. The predicted octanol–water partition coefficient (Wildman–Crippen LogP) is 4.43. The Morgan fingerprint density at radius 1 is 1.21 bits per heavy atom. The van der Waals surface area contributed by atoms with Crippen molar-refractivity contribution in [2.45, 2.75) is 33.4 Å². The molecule has 0 bridgehead atoms. The third-order valence-corrected chi connectivity index (χ3v) is 4.78. The van der Waals surface area contributed by atoms with Crippen molar-refractivity contribution in [1.29, 1.82) is 0 Å². The number of rotatable bonds is 6. The molecule has 6 nitrogen and oxygen atoms in total. The summed E-state index contributed by atoms with van der Waals surface area (Å²) in [5.74, 6) is 1.33. The average Bonchev–Trinajstić information content (AvgIpc) is 3.13. The van der Waals surface area contributed by atoms with Gasteiger partial charge in [0.2, 0.25) is 11.7 Å². The molecule has 0 saturated carbocycles. The summed E-state index contributed by atoms with van der Waals surface area (Å²) < 4.78 is 11.1. The monoisotopic (exact) mass is 399 g/mol. The van der Waals surface area contributed by atoms with Crippen LogP contribution < -0.4 is 4.74 Å². The Labute approximate surface area is 169 Å². The second kappa shape index (κ2) is 8.44. The van der Waals surface area contributed by atoms with Gasteiger partial charge < -0.3 is 14.2 Å². The lowest BCUT2D eigenvalue weighted by atomic mass is 10.1. The van der Waals surface area contributed by atoms with E-state index in [2.05, 4.69) is 10.1 Å². The molecule has 28 heavy (non-hydrogen) atoms. The number of hydrogen-bond acceptors (Lipinski definition) is 5. The van der Waals surface area contributed by atoms with Crippen LogP contribution in [-0.2, 0) is 11.3 Å². The number of likely N-dealkylation sites (N-methyl/N-ethyl adjacent to an activating group) is 1. The molecule has 0 fully saturated rings. The molecule has 3 aromatic rings. The zero-order valence-electron chi connectivity index (χ0n) is 16.3. The maximum absolute atomic E-state index is 12.7. The summed E-state index contributed by atoms with van der Waals surface area (Å²) in [7, 11) is 1.68. The Morgan fingerprint density at radius 2 is 1.93 bits per heavy atom.